The van der Waals surface area contributed by atoms with E-state index < -0.39 is 12.0 Å². The summed E-state index contributed by atoms with van der Waals surface area (Å²) in [7, 11) is 0. The van der Waals surface area contributed by atoms with Gasteiger partial charge in [0.05, 0.1) is 13.2 Å². The van der Waals surface area contributed by atoms with Crippen LogP contribution in [-0.2, 0) is 9.47 Å². The molecule has 2 aliphatic rings. The smallest absolute Gasteiger partial charge is 0.169 e. The summed E-state index contributed by atoms with van der Waals surface area (Å²) in [6.45, 7) is 9.73. The monoisotopic (exact) mass is 327 g/mol. The maximum absolute atomic E-state index is 9.82. The van der Waals surface area contributed by atoms with Crippen molar-refractivity contribution in [2.75, 3.05) is 19.8 Å². The van der Waals surface area contributed by atoms with Crippen LogP contribution in [0.1, 0.15) is 53.4 Å². The number of aliphatic hydroxyl groups is 2. The summed E-state index contributed by atoms with van der Waals surface area (Å²) in [6.07, 6.45) is 6.86. The number of nitrogens with zero attached hydrogens (tertiary/aromatic N) is 1. The Labute approximate surface area is 140 Å². The highest BCUT2D eigenvalue weighted by Crippen LogP contribution is 2.45. The molecule has 1 heterocycles. The number of hydrogen-bond donors (Lipinski definition) is 2. The summed E-state index contributed by atoms with van der Waals surface area (Å²) < 4.78 is 12.3. The standard InChI is InChI=1S/C18H33NO4/c1-14(21)19(10-5-11-20)12-16-13-22-18(23-16)8-6-15(7-9-18)17(2,3)4/h5,10,14-16,20-21H,6-9,11-13H2,1-4H3/b10-5+. The quantitative estimate of drug-likeness (QED) is 0.760. The van der Waals surface area contributed by atoms with Gasteiger partial charge in [-0.05, 0) is 43.4 Å². The van der Waals surface area contributed by atoms with E-state index in [0.717, 1.165) is 31.6 Å². The van der Waals surface area contributed by atoms with Crippen molar-refractivity contribution in [2.45, 2.75) is 71.5 Å². The lowest BCUT2D eigenvalue weighted by molar-refractivity contribution is -0.198. The molecule has 2 fully saturated rings. The minimum absolute atomic E-state index is 0.0383. The van der Waals surface area contributed by atoms with Crippen molar-refractivity contribution < 1.29 is 19.7 Å². The lowest BCUT2D eigenvalue weighted by Crippen LogP contribution is -2.40. The molecule has 1 spiro atoms. The second-order valence-corrected chi connectivity index (χ2v) is 8.00. The van der Waals surface area contributed by atoms with Crippen molar-refractivity contribution in [2.24, 2.45) is 11.3 Å². The molecule has 134 valence electrons. The van der Waals surface area contributed by atoms with E-state index in [0.29, 0.717) is 18.6 Å². The van der Waals surface area contributed by atoms with Crippen LogP contribution in [0, 0.1) is 11.3 Å². The minimum Gasteiger partial charge on any atom is -0.392 e. The second-order valence-electron chi connectivity index (χ2n) is 8.00. The number of rotatable bonds is 5. The van der Waals surface area contributed by atoms with Crippen LogP contribution in [0.3, 0.4) is 0 Å². The molecular weight excluding hydrogens is 294 g/mol. The lowest BCUT2D eigenvalue weighted by atomic mass is 9.71. The van der Waals surface area contributed by atoms with Crippen LogP contribution in [0.2, 0.25) is 0 Å². The summed E-state index contributed by atoms with van der Waals surface area (Å²) in [5.74, 6) is 0.304. The Balaban J connectivity index is 1.87. The molecule has 0 amide bonds. The Morgan fingerprint density at radius 1 is 1.30 bits per heavy atom. The van der Waals surface area contributed by atoms with Gasteiger partial charge >= 0.3 is 0 Å². The van der Waals surface area contributed by atoms with Gasteiger partial charge in [0.1, 0.15) is 12.3 Å². The van der Waals surface area contributed by atoms with E-state index in [4.69, 9.17) is 14.6 Å². The topological polar surface area (TPSA) is 62.2 Å². The average molecular weight is 327 g/mol. The molecule has 23 heavy (non-hydrogen) atoms. The largest absolute Gasteiger partial charge is 0.392 e. The van der Waals surface area contributed by atoms with Gasteiger partial charge in [0.25, 0.3) is 0 Å². The zero-order valence-electron chi connectivity index (χ0n) is 15.0. The SMILES string of the molecule is CC(O)N(/C=C/CO)CC1COC2(CCC(C(C)(C)C)CC2)O1. The minimum atomic E-state index is -0.616. The first-order chi connectivity index (χ1) is 10.8. The normalized spacial score (nSPS) is 33.5. The highest BCUT2D eigenvalue weighted by Gasteiger charge is 2.46. The molecule has 1 aliphatic heterocycles. The van der Waals surface area contributed by atoms with Crippen molar-refractivity contribution in [3.05, 3.63) is 12.3 Å². The molecule has 5 heteroatoms. The van der Waals surface area contributed by atoms with Crippen LogP contribution in [0.15, 0.2) is 12.3 Å². The van der Waals surface area contributed by atoms with Crippen LogP contribution in [-0.4, -0.2) is 53.0 Å². The van der Waals surface area contributed by atoms with Gasteiger partial charge < -0.3 is 24.6 Å². The number of hydrogen-bond acceptors (Lipinski definition) is 5. The third kappa shape index (κ3) is 4.92. The summed E-state index contributed by atoms with van der Waals surface area (Å²) >= 11 is 0. The molecule has 1 aliphatic carbocycles. The predicted octanol–water partition coefficient (Wildman–Crippen LogP) is 2.48. The summed E-state index contributed by atoms with van der Waals surface area (Å²) in [6, 6.07) is 0. The molecule has 2 unspecified atom stereocenters. The van der Waals surface area contributed by atoms with Gasteiger partial charge in [-0.15, -0.1) is 0 Å². The van der Waals surface area contributed by atoms with Gasteiger partial charge in [0, 0.05) is 19.4 Å². The Morgan fingerprint density at radius 3 is 2.48 bits per heavy atom. The number of aliphatic hydroxyl groups excluding tert-OH is 2. The van der Waals surface area contributed by atoms with Gasteiger partial charge in [-0.1, -0.05) is 20.8 Å². The molecular formula is C18H33NO4. The molecule has 1 saturated heterocycles. The molecule has 0 bridgehead atoms. The van der Waals surface area contributed by atoms with Crippen LogP contribution >= 0.6 is 0 Å². The molecule has 0 aromatic carbocycles. The Bertz CT molecular complexity index is 394. The maximum Gasteiger partial charge on any atom is 0.169 e. The fourth-order valence-electron chi connectivity index (χ4n) is 3.65. The summed E-state index contributed by atoms with van der Waals surface area (Å²) in [5, 5.41) is 18.7. The Kier molecular flexibility index (Phi) is 6.11. The van der Waals surface area contributed by atoms with Crippen LogP contribution < -0.4 is 0 Å². The Hall–Kier alpha value is -0.620. The van der Waals surface area contributed by atoms with Gasteiger partial charge in [0.15, 0.2) is 5.79 Å². The van der Waals surface area contributed by atoms with Gasteiger partial charge in [0.2, 0.25) is 0 Å². The molecule has 1 saturated carbocycles. The third-order valence-corrected chi connectivity index (χ3v) is 5.18. The molecule has 2 N–H and O–H groups in total. The fourth-order valence-corrected chi connectivity index (χ4v) is 3.65. The van der Waals surface area contributed by atoms with Crippen molar-refractivity contribution in [3.8, 4) is 0 Å². The Morgan fingerprint density at radius 2 is 1.96 bits per heavy atom. The van der Waals surface area contributed by atoms with Gasteiger partial charge in [-0.2, -0.15) is 0 Å². The molecule has 2 atom stereocenters. The first-order valence-electron chi connectivity index (χ1n) is 8.79. The average Bonchev–Trinajstić information content (AvgIpc) is 2.85. The highest BCUT2D eigenvalue weighted by atomic mass is 16.7. The van der Waals surface area contributed by atoms with Gasteiger partial charge in [-0.3, -0.25) is 0 Å². The van der Waals surface area contributed by atoms with E-state index in [1.54, 1.807) is 24.1 Å². The van der Waals surface area contributed by atoms with E-state index in [-0.39, 0.29) is 12.7 Å². The fraction of sp³-hybridized carbons (Fsp3) is 0.889. The highest BCUT2D eigenvalue weighted by molar-refractivity contribution is 4.91. The number of ether oxygens (including phenoxy) is 2. The van der Waals surface area contributed by atoms with E-state index >= 15 is 0 Å². The van der Waals surface area contributed by atoms with Crippen LogP contribution in [0.5, 0.6) is 0 Å². The van der Waals surface area contributed by atoms with Crippen molar-refractivity contribution in [1.82, 2.24) is 4.90 Å². The predicted molar refractivity (Wildman–Crippen MR) is 89.6 cm³/mol. The summed E-state index contributed by atoms with van der Waals surface area (Å²) in [5.41, 5.74) is 0.345. The molecule has 0 aromatic rings. The first kappa shape index (κ1) is 18.7. The molecule has 0 radical (unpaired) electrons. The zero-order chi connectivity index (χ0) is 17.1. The van der Waals surface area contributed by atoms with Crippen molar-refractivity contribution >= 4 is 0 Å². The molecule has 0 aromatic heterocycles. The van der Waals surface area contributed by atoms with E-state index in [1.165, 1.54) is 0 Å². The third-order valence-electron chi connectivity index (χ3n) is 5.18. The van der Waals surface area contributed by atoms with Crippen LogP contribution in [0.25, 0.3) is 0 Å². The second kappa shape index (κ2) is 7.51. The van der Waals surface area contributed by atoms with Crippen LogP contribution in [0.4, 0.5) is 0 Å². The molecule has 2 rings (SSSR count). The van der Waals surface area contributed by atoms with Crippen molar-refractivity contribution in [3.63, 3.8) is 0 Å². The molecule has 5 nitrogen and oxygen atoms in total. The van der Waals surface area contributed by atoms with E-state index in [2.05, 4.69) is 20.8 Å². The lowest BCUT2D eigenvalue weighted by Gasteiger charge is -2.41. The zero-order valence-corrected chi connectivity index (χ0v) is 15.0. The van der Waals surface area contributed by atoms with Gasteiger partial charge in [-0.25, -0.2) is 0 Å². The summed E-state index contributed by atoms with van der Waals surface area (Å²) in [4.78, 5) is 1.77. The van der Waals surface area contributed by atoms with E-state index in [1.807, 2.05) is 0 Å². The van der Waals surface area contributed by atoms with E-state index in [9.17, 15) is 5.11 Å². The van der Waals surface area contributed by atoms with Crippen molar-refractivity contribution in [1.29, 1.82) is 0 Å². The maximum atomic E-state index is 9.82. The first-order valence-corrected chi connectivity index (χ1v) is 8.79.